The Morgan fingerprint density at radius 1 is 0.319 bits per heavy atom. The van der Waals surface area contributed by atoms with Crippen molar-refractivity contribution in [1.29, 1.82) is 0 Å². The summed E-state index contributed by atoms with van der Waals surface area (Å²) in [5.41, 5.74) is 19.1. The lowest BCUT2D eigenvalue weighted by molar-refractivity contribution is 0.669. The van der Waals surface area contributed by atoms with Crippen LogP contribution in [0, 0.1) is 0 Å². The zero-order valence-corrected chi connectivity index (χ0v) is 37.8. The lowest BCUT2D eigenvalue weighted by atomic mass is 9.68. The molecule has 3 aromatic heterocycles. The molecule has 0 fully saturated rings. The molecule has 15 rings (SSSR count). The zero-order chi connectivity index (χ0) is 45.2. The molecule has 2 aliphatic rings. The maximum atomic E-state index is 6.65. The molecule has 69 heavy (non-hydrogen) atoms. The van der Waals surface area contributed by atoms with Crippen LogP contribution in [0.1, 0.15) is 22.3 Å². The zero-order valence-electron chi connectivity index (χ0n) is 37.0. The van der Waals surface area contributed by atoms with E-state index in [-0.39, 0.29) is 0 Å². The molecule has 13 aromatic rings. The van der Waals surface area contributed by atoms with Crippen LogP contribution >= 0.6 is 11.3 Å². The van der Waals surface area contributed by atoms with Crippen molar-refractivity contribution >= 4 is 53.4 Å². The van der Waals surface area contributed by atoms with Gasteiger partial charge in [-0.3, -0.25) is 0 Å². The maximum absolute atomic E-state index is 6.65. The van der Waals surface area contributed by atoms with E-state index in [1.807, 2.05) is 30.3 Å². The Hall–Kier alpha value is -8.77. The van der Waals surface area contributed by atoms with Gasteiger partial charge >= 0.3 is 0 Å². The van der Waals surface area contributed by atoms with Crippen molar-refractivity contribution in [3.63, 3.8) is 0 Å². The first-order valence-electron chi connectivity index (χ1n) is 23.4. The van der Waals surface area contributed by atoms with E-state index in [4.69, 9.17) is 19.4 Å². The summed E-state index contributed by atoms with van der Waals surface area (Å²) in [6, 6.07) is 80.9. The minimum Gasteiger partial charge on any atom is -0.456 e. The molecule has 0 saturated heterocycles. The Kier molecular flexibility index (Phi) is 8.12. The molecule has 0 saturated carbocycles. The summed E-state index contributed by atoms with van der Waals surface area (Å²) in [4.78, 5) is 15.8. The minimum absolute atomic E-state index is 0.448. The maximum Gasteiger partial charge on any atom is 0.164 e. The summed E-state index contributed by atoms with van der Waals surface area (Å²) in [6.07, 6.45) is 0. The van der Waals surface area contributed by atoms with Gasteiger partial charge in [0, 0.05) is 47.6 Å². The fraction of sp³-hybridized carbons (Fsp3) is 0.0156. The molecular formula is C64H37N3OS. The van der Waals surface area contributed by atoms with E-state index in [1.165, 1.54) is 70.4 Å². The summed E-state index contributed by atoms with van der Waals surface area (Å²) in [6.45, 7) is 0. The molecule has 2 aliphatic carbocycles. The fourth-order valence-corrected chi connectivity index (χ4v) is 12.9. The van der Waals surface area contributed by atoms with Gasteiger partial charge in [0.1, 0.15) is 11.2 Å². The highest BCUT2D eigenvalue weighted by molar-refractivity contribution is 7.25. The third-order valence-corrected chi connectivity index (χ3v) is 15.7. The summed E-state index contributed by atoms with van der Waals surface area (Å²) in [5.74, 6) is 1.85. The molecule has 0 unspecified atom stereocenters. The van der Waals surface area contributed by atoms with Crippen LogP contribution in [0.2, 0.25) is 0 Å². The Bertz CT molecular complexity index is 4210. The number of furan rings is 1. The highest BCUT2D eigenvalue weighted by Crippen LogP contribution is 2.64. The van der Waals surface area contributed by atoms with Gasteiger partial charge in [-0.05, 0) is 103 Å². The number of thiophene rings is 1. The molecule has 3 heterocycles. The van der Waals surface area contributed by atoms with Gasteiger partial charge < -0.3 is 4.42 Å². The summed E-state index contributed by atoms with van der Waals surface area (Å²) in [5, 5.41) is 4.34. The van der Waals surface area contributed by atoms with Crippen molar-refractivity contribution < 1.29 is 4.42 Å². The molecule has 0 atom stereocenters. The number of hydrogen-bond acceptors (Lipinski definition) is 5. The number of aromatic nitrogens is 3. The van der Waals surface area contributed by atoms with Gasteiger partial charge in [-0.25, -0.2) is 15.0 Å². The average Bonchev–Trinajstić information content (AvgIpc) is 4.16. The average molecular weight is 896 g/mol. The number of hydrogen-bond donors (Lipinski definition) is 0. The van der Waals surface area contributed by atoms with Crippen molar-refractivity contribution in [2.45, 2.75) is 5.41 Å². The van der Waals surface area contributed by atoms with Crippen LogP contribution < -0.4 is 0 Å². The predicted molar refractivity (Wildman–Crippen MR) is 283 cm³/mol. The highest BCUT2D eigenvalue weighted by Gasteiger charge is 2.52. The Morgan fingerprint density at radius 2 is 0.841 bits per heavy atom. The molecule has 0 bridgehead atoms. The van der Waals surface area contributed by atoms with Gasteiger partial charge in [0.05, 0.1) is 5.41 Å². The molecule has 1 spiro atoms. The van der Waals surface area contributed by atoms with Gasteiger partial charge in [-0.15, -0.1) is 11.3 Å². The van der Waals surface area contributed by atoms with Crippen molar-refractivity contribution in [3.8, 4) is 78.7 Å². The minimum atomic E-state index is -0.448. The second-order valence-corrected chi connectivity index (χ2v) is 19.2. The van der Waals surface area contributed by atoms with Crippen molar-refractivity contribution in [2.24, 2.45) is 0 Å². The van der Waals surface area contributed by atoms with Crippen LogP contribution in [-0.2, 0) is 5.41 Å². The van der Waals surface area contributed by atoms with Crippen LogP contribution in [0.4, 0.5) is 0 Å². The molecule has 0 aliphatic heterocycles. The van der Waals surface area contributed by atoms with Gasteiger partial charge in [-0.2, -0.15) is 0 Å². The molecule has 4 nitrogen and oxygen atoms in total. The number of rotatable bonds is 5. The molecule has 5 heteroatoms. The quantitative estimate of drug-likeness (QED) is 0.173. The number of nitrogens with zero attached hydrogens (tertiary/aromatic N) is 3. The molecule has 0 radical (unpaired) electrons. The SMILES string of the molecule is c1ccc(-c2nc(-c3cccc4oc5ccc(-c6cccc(-c7cccc8c7C7(c9ccccc9-c9ccccc97)c7ccccc7-8)c6)cc5c34)nc(-c3cccc4sc5ccccc5c34)n2)cc1. The van der Waals surface area contributed by atoms with Gasteiger partial charge in [0.2, 0.25) is 0 Å². The smallest absolute Gasteiger partial charge is 0.164 e. The lowest BCUT2D eigenvalue weighted by Crippen LogP contribution is -2.26. The summed E-state index contributed by atoms with van der Waals surface area (Å²) >= 11 is 1.79. The normalized spacial score (nSPS) is 13.0. The monoisotopic (exact) mass is 895 g/mol. The van der Waals surface area contributed by atoms with Crippen molar-refractivity contribution in [1.82, 2.24) is 15.0 Å². The van der Waals surface area contributed by atoms with Crippen LogP contribution in [0.25, 0.3) is 121 Å². The summed E-state index contributed by atoms with van der Waals surface area (Å²) < 4.78 is 9.08. The third kappa shape index (κ3) is 5.48. The Labute approximate surface area is 401 Å². The van der Waals surface area contributed by atoms with Crippen LogP contribution in [0.3, 0.4) is 0 Å². The Balaban J connectivity index is 0.905. The predicted octanol–water partition coefficient (Wildman–Crippen LogP) is 16.8. The topological polar surface area (TPSA) is 51.8 Å². The van der Waals surface area contributed by atoms with E-state index in [0.29, 0.717) is 17.5 Å². The number of benzene rings is 10. The molecular weight excluding hydrogens is 859 g/mol. The van der Waals surface area contributed by atoms with Crippen LogP contribution in [0.5, 0.6) is 0 Å². The first-order valence-corrected chi connectivity index (χ1v) is 24.2. The third-order valence-electron chi connectivity index (χ3n) is 14.6. The van der Waals surface area contributed by atoms with Gasteiger partial charge in [0.15, 0.2) is 17.5 Å². The van der Waals surface area contributed by atoms with E-state index in [1.54, 1.807) is 11.3 Å². The van der Waals surface area contributed by atoms with Gasteiger partial charge in [0.25, 0.3) is 0 Å². The Morgan fingerprint density at radius 3 is 1.61 bits per heavy atom. The van der Waals surface area contributed by atoms with Crippen molar-refractivity contribution in [3.05, 3.63) is 247 Å². The highest BCUT2D eigenvalue weighted by atomic mass is 32.1. The second kappa shape index (κ2) is 14.6. The molecule has 0 N–H and O–H groups in total. The van der Waals surface area contributed by atoms with E-state index < -0.39 is 5.41 Å². The second-order valence-electron chi connectivity index (χ2n) is 18.1. The van der Waals surface area contributed by atoms with E-state index in [2.05, 4.69) is 194 Å². The van der Waals surface area contributed by atoms with Crippen molar-refractivity contribution in [2.75, 3.05) is 0 Å². The summed E-state index contributed by atoms with van der Waals surface area (Å²) in [7, 11) is 0. The van der Waals surface area contributed by atoms with E-state index >= 15 is 0 Å². The largest absolute Gasteiger partial charge is 0.456 e. The van der Waals surface area contributed by atoms with Gasteiger partial charge in [-0.1, -0.05) is 188 Å². The first kappa shape index (κ1) is 38.3. The van der Waals surface area contributed by atoms with E-state index in [9.17, 15) is 0 Å². The first-order chi connectivity index (χ1) is 34.2. The lowest BCUT2D eigenvalue weighted by Gasteiger charge is -2.32. The molecule has 0 amide bonds. The van der Waals surface area contributed by atoms with E-state index in [0.717, 1.165) is 55.1 Å². The number of fused-ring (bicyclic) bond motifs is 16. The van der Waals surface area contributed by atoms with Crippen LogP contribution in [0.15, 0.2) is 229 Å². The molecule has 10 aromatic carbocycles. The standard InChI is InChI=1S/C64H37N3OS/c1-2-16-38(17-3-1)61-65-62(67-63(66-61)49-27-15-33-57-59(49)47-23-7-11-32-56(47)69-57)48-26-14-31-55-58(48)50-37-40(34-35-54(50)68-55)39-18-12-19-41(36-39)42-24-13-25-46-45-22-6-10-30-53(45)64(60(42)46)51-28-8-4-20-43(51)44-21-5-9-29-52(44)64/h1-37H. The fourth-order valence-electron chi connectivity index (χ4n) is 11.7. The molecule has 320 valence electrons. The van der Waals surface area contributed by atoms with Crippen LogP contribution in [-0.4, -0.2) is 15.0 Å².